The van der Waals surface area contributed by atoms with Gasteiger partial charge < -0.3 is 9.30 Å². The van der Waals surface area contributed by atoms with Crippen molar-refractivity contribution < 1.29 is 9.53 Å². The second kappa shape index (κ2) is 5.55. The summed E-state index contributed by atoms with van der Waals surface area (Å²) >= 11 is 1.31. The molecule has 8 nitrogen and oxygen atoms in total. The number of carbonyl (C=O) groups excluding carboxylic acids is 1. The topological polar surface area (TPSA) is 86.0 Å². The van der Waals surface area contributed by atoms with E-state index < -0.39 is 5.60 Å². The molecule has 1 aliphatic rings. The van der Waals surface area contributed by atoms with Crippen molar-refractivity contribution in [3.63, 3.8) is 0 Å². The van der Waals surface area contributed by atoms with E-state index in [1.807, 2.05) is 39.2 Å². The molecule has 0 spiro atoms. The van der Waals surface area contributed by atoms with Gasteiger partial charge in [0.1, 0.15) is 11.4 Å². The molecule has 1 atom stereocenters. The predicted molar refractivity (Wildman–Crippen MR) is 85.0 cm³/mol. The van der Waals surface area contributed by atoms with E-state index in [2.05, 4.69) is 19.6 Å². The van der Waals surface area contributed by atoms with Crippen LogP contribution in [0.4, 0.5) is 4.79 Å². The van der Waals surface area contributed by atoms with Crippen LogP contribution in [0, 0.1) is 6.92 Å². The van der Waals surface area contributed by atoms with E-state index in [9.17, 15) is 4.79 Å². The number of amides is 1. The number of hydrogen-bond donors (Lipinski definition) is 0. The average molecular weight is 336 g/mol. The Morgan fingerprint density at radius 1 is 1.30 bits per heavy atom. The molecule has 2 aromatic rings. The SMILES string of the molecule is Cc1nsc(-c2nnc3n2CCN(C(=O)OC(C)(C)C)[C@@H]3C)n1. The Morgan fingerprint density at radius 2 is 2.04 bits per heavy atom. The lowest BCUT2D eigenvalue weighted by molar-refractivity contribution is 0.0121. The number of aromatic nitrogens is 5. The molecule has 0 saturated heterocycles. The van der Waals surface area contributed by atoms with Crippen LogP contribution >= 0.6 is 11.5 Å². The maximum absolute atomic E-state index is 12.3. The summed E-state index contributed by atoms with van der Waals surface area (Å²) < 4.78 is 11.7. The highest BCUT2D eigenvalue weighted by molar-refractivity contribution is 7.09. The van der Waals surface area contributed by atoms with Gasteiger partial charge >= 0.3 is 6.09 Å². The van der Waals surface area contributed by atoms with Gasteiger partial charge in [-0.1, -0.05) is 0 Å². The molecule has 9 heteroatoms. The molecule has 2 aromatic heterocycles. The van der Waals surface area contributed by atoms with Crippen LogP contribution in [-0.2, 0) is 11.3 Å². The molecule has 1 aliphatic heterocycles. The maximum Gasteiger partial charge on any atom is 0.410 e. The highest BCUT2D eigenvalue weighted by Gasteiger charge is 2.34. The second-order valence-electron chi connectivity index (χ2n) is 6.53. The fourth-order valence-electron chi connectivity index (χ4n) is 2.50. The molecule has 0 radical (unpaired) electrons. The van der Waals surface area contributed by atoms with Crippen molar-refractivity contribution in [1.29, 1.82) is 0 Å². The van der Waals surface area contributed by atoms with E-state index in [-0.39, 0.29) is 12.1 Å². The van der Waals surface area contributed by atoms with E-state index in [1.165, 1.54) is 11.5 Å². The molecule has 0 fully saturated rings. The van der Waals surface area contributed by atoms with Crippen molar-refractivity contribution in [1.82, 2.24) is 29.0 Å². The number of fused-ring (bicyclic) bond motifs is 1. The van der Waals surface area contributed by atoms with Crippen LogP contribution in [0.2, 0.25) is 0 Å². The number of carbonyl (C=O) groups is 1. The minimum Gasteiger partial charge on any atom is -0.444 e. The minimum atomic E-state index is -0.517. The first-order chi connectivity index (χ1) is 10.8. The van der Waals surface area contributed by atoms with Crippen LogP contribution in [0.3, 0.4) is 0 Å². The van der Waals surface area contributed by atoms with Crippen molar-refractivity contribution in [2.75, 3.05) is 6.54 Å². The first-order valence-electron chi connectivity index (χ1n) is 7.49. The van der Waals surface area contributed by atoms with Crippen molar-refractivity contribution in [3.05, 3.63) is 11.6 Å². The van der Waals surface area contributed by atoms with Gasteiger partial charge in [0.15, 0.2) is 16.7 Å². The molecule has 23 heavy (non-hydrogen) atoms. The zero-order chi connectivity index (χ0) is 16.8. The zero-order valence-corrected chi connectivity index (χ0v) is 14.7. The van der Waals surface area contributed by atoms with E-state index in [0.717, 1.165) is 16.7 Å². The molecule has 0 saturated carbocycles. The third-order valence-corrected chi connectivity index (χ3v) is 4.33. The van der Waals surface area contributed by atoms with Crippen LogP contribution in [0.5, 0.6) is 0 Å². The van der Waals surface area contributed by atoms with Gasteiger partial charge in [-0.15, -0.1) is 10.2 Å². The molecule has 3 rings (SSSR count). The molecule has 0 aliphatic carbocycles. The van der Waals surface area contributed by atoms with Crippen LogP contribution in [-0.4, -0.2) is 47.3 Å². The largest absolute Gasteiger partial charge is 0.444 e. The molecule has 0 aromatic carbocycles. The predicted octanol–water partition coefficient (Wildman–Crippen LogP) is 2.42. The summed E-state index contributed by atoms with van der Waals surface area (Å²) in [6.45, 7) is 10.5. The van der Waals surface area contributed by atoms with Crippen molar-refractivity contribution in [2.45, 2.75) is 52.8 Å². The van der Waals surface area contributed by atoms with E-state index in [0.29, 0.717) is 18.9 Å². The summed E-state index contributed by atoms with van der Waals surface area (Å²) in [4.78, 5) is 18.4. The molecule has 0 N–H and O–H groups in total. The zero-order valence-electron chi connectivity index (χ0n) is 13.9. The van der Waals surface area contributed by atoms with E-state index in [4.69, 9.17) is 4.74 Å². The number of aryl methyl sites for hydroxylation is 1. The number of rotatable bonds is 1. The van der Waals surface area contributed by atoms with E-state index in [1.54, 1.807) is 4.90 Å². The van der Waals surface area contributed by atoms with Crippen LogP contribution < -0.4 is 0 Å². The Bertz CT molecular complexity index is 732. The summed E-state index contributed by atoms with van der Waals surface area (Å²) in [5.74, 6) is 2.17. The molecule has 3 heterocycles. The van der Waals surface area contributed by atoms with Crippen molar-refractivity contribution in [3.8, 4) is 10.8 Å². The molecule has 1 amide bonds. The first kappa shape index (κ1) is 15.9. The Labute approximate surface area is 138 Å². The number of hydrogen-bond acceptors (Lipinski definition) is 7. The fourth-order valence-corrected chi connectivity index (χ4v) is 3.17. The average Bonchev–Trinajstić information content (AvgIpc) is 3.03. The van der Waals surface area contributed by atoms with Crippen molar-refractivity contribution in [2.24, 2.45) is 0 Å². The summed E-state index contributed by atoms with van der Waals surface area (Å²) in [5, 5.41) is 9.25. The molecule has 0 bridgehead atoms. The lowest BCUT2D eigenvalue weighted by atomic mass is 10.2. The van der Waals surface area contributed by atoms with Gasteiger partial charge in [-0.2, -0.15) is 4.37 Å². The smallest absolute Gasteiger partial charge is 0.410 e. The lowest BCUT2D eigenvalue weighted by Gasteiger charge is -2.34. The monoisotopic (exact) mass is 336 g/mol. The summed E-state index contributed by atoms with van der Waals surface area (Å²) in [5.41, 5.74) is -0.517. The van der Waals surface area contributed by atoms with Crippen LogP contribution in [0.1, 0.15) is 45.4 Å². The fraction of sp³-hybridized carbons (Fsp3) is 0.643. The number of ether oxygens (including phenoxy) is 1. The summed E-state index contributed by atoms with van der Waals surface area (Å²) in [6.07, 6.45) is -0.326. The summed E-state index contributed by atoms with van der Waals surface area (Å²) in [7, 11) is 0. The Kier molecular flexibility index (Phi) is 3.83. The normalized spacial score (nSPS) is 18.0. The second-order valence-corrected chi connectivity index (χ2v) is 7.28. The Morgan fingerprint density at radius 3 is 2.65 bits per heavy atom. The lowest BCUT2D eigenvalue weighted by Crippen LogP contribution is -2.43. The highest BCUT2D eigenvalue weighted by Crippen LogP contribution is 2.30. The summed E-state index contributed by atoms with van der Waals surface area (Å²) in [6, 6.07) is -0.200. The minimum absolute atomic E-state index is 0.200. The van der Waals surface area contributed by atoms with Gasteiger partial charge in [-0.05, 0) is 46.2 Å². The first-order valence-corrected chi connectivity index (χ1v) is 8.27. The molecule has 124 valence electrons. The van der Waals surface area contributed by atoms with Crippen LogP contribution in [0.15, 0.2) is 0 Å². The van der Waals surface area contributed by atoms with Gasteiger partial charge in [0.25, 0.3) is 0 Å². The maximum atomic E-state index is 12.3. The number of nitrogens with zero attached hydrogens (tertiary/aromatic N) is 6. The Hall–Kier alpha value is -2.03. The third-order valence-electron chi connectivity index (χ3n) is 3.53. The van der Waals surface area contributed by atoms with Gasteiger partial charge in [-0.25, -0.2) is 9.78 Å². The Balaban J connectivity index is 1.86. The van der Waals surface area contributed by atoms with Gasteiger partial charge in [-0.3, -0.25) is 4.90 Å². The quantitative estimate of drug-likeness (QED) is 0.795. The molecule has 0 unspecified atom stereocenters. The van der Waals surface area contributed by atoms with Crippen LogP contribution in [0.25, 0.3) is 10.8 Å². The molecular weight excluding hydrogens is 316 g/mol. The van der Waals surface area contributed by atoms with Gasteiger partial charge in [0.2, 0.25) is 0 Å². The standard InChI is InChI=1S/C14H20N6O2S/c1-8-10-16-17-11(12-15-9(2)18-23-12)20(10)7-6-19(8)13(21)22-14(3,4)5/h8H,6-7H2,1-5H3/t8-/m1/s1. The van der Waals surface area contributed by atoms with E-state index >= 15 is 0 Å². The van der Waals surface area contributed by atoms with Gasteiger partial charge in [0.05, 0.1) is 6.04 Å². The van der Waals surface area contributed by atoms with Gasteiger partial charge in [0, 0.05) is 13.1 Å². The highest BCUT2D eigenvalue weighted by atomic mass is 32.1. The molecular formula is C14H20N6O2S. The third kappa shape index (κ3) is 3.05. The van der Waals surface area contributed by atoms with Crippen molar-refractivity contribution >= 4 is 17.6 Å².